The van der Waals surface area contributed by atoms with E-state index in [0.717, 1.165) is 5.56 Å². The lowest BCUT2D eigenvalue weighted by molar-refractivity contribution is -0.112. The lowest BCUT2D eigenvalue weighted by Gasteiger charge is -2.15. The van der Waals surface area contributed by atoms with Crippen LogP contribution in [0.3, 0.4) is 0 Å². The molecule has 1 atom stereocenters. The number of amides is 1. The van der Waals surface area contributed by atoms with E-state index in [1.54, 1.807) is 41.8 Å². The number of nitrogens with one attached hydrogen (secondary N) is 1. The Bertz CT molecular complexity index is 976. The molecule has 4 rings (SSSR count). The summed E-state index contributed by atoms with van der Waals surface area (Å²) in [5.74, 6) is 0.293. The number of benzene rings is 1. The van der Waals surface area contributed by atoms with E-state index in [-0.39, 0.29) is 17.5 Å². The van der Waals surface area contributed by atoms with Crippen molar-refractivity contribution < 1.29 is 19.7 Å². The summed E-state index contributed by atoms with van der Waals surface area (Å²) in [4.78, 5) is 16.8. The van der Waals surface area contributed by atoms with Gasteiger partial charge in [-0.3, -0.25) is 4.79 Å². The van der Waals surface area contributed by atoms with Gasteiger partial charge in [0.25, 0.3) is 5.91 Å². The van der Waals surface area contributed by atoms with E-state index >= 15 is 0 Å². The minimum atomic E-state index is -1.73. The highest BCUT2D eigenvalue weighted by molar-refractivity contribution is 7.15. The third-order valence-electron chi connectivity index (χ3n) is 4.35. The van der Waals surface area contributed by atoms with Crippen molar-refractivity contribution in [2.45, 2.75) is 18.8 Å². The van der Waals surface area contributed by atoms with Crippen LogP contribution in [-0.4, -0.2) is 28.6 Å². The van der Waals surface area contributed by atoms with Crippen LogP contribution in [0.15, 0.2) is 58.1 Å². The van der Waals surface area contributed by atoms with Crippen LogP contribution < -0.4 is 5.32 Å². The quantitative estimate of drug-likeness (QED) is 0.681. The number of carbonyl (C=O) groups is 1. The van der Waals surface area contributed by atoms with Crippen LogP contribution in [-0.2, 0) is 9.53 Å². The molecule has 0 radical (unpaired) electrons. The Morgan fingerprint density at radius 3 is 2.85 bits per heavy atom. The first kappa shape index (κ1) is 17.9. The SMILES string of the molecule is O=C(Nc1scc(-c2ccc(Cl)cc2)c1C(O)O)C1=CCC2N=COC2=C1. The largest absolute Gasteiger partial charge is 0.448 e. The topological polar surface area (TPSA) is 91.2 Å². The minimum Gasteiger partial charge on any atom is -0.448 e. The van der Waals surface area contributed by atoms with Gasteiger partial charge in [0, 0.05) is 27.1 Å². The molecule has 0 saturated heterocycles. The number of carbonyl (C=O) groups excluding carboxylic acids is 1. The molecule has 1 aromatic carbocycles. The van der Waals surface area contributed by atoms with Crippen molar-refractivity contribution in [2.24, 2.45) is 4.99 Å². The molecule has 6 nitrogen and oxygen atoms in total. The number of ether oxygens (including phenoxy) is 1. The predicted octanol–water partition coefficient (Wildman–Crippen LogP) is 3.63. The Morgan fingerprint density at radius 2 is 2.11 bits per heavy atom. The van der Waals surface area contributed by atoms with Gasteiger partial charge in [-0.15, -0.1) is 11.3 Å². The molecule has 1 aromatic heterocycles. The van der Waals surface area contributed by atoms with Gasteiger partial charge in [0.05, 0.1) is 0 Å². The fourth-order valence-corrected chi connectivity index (χ4v) is 4.10. The maximum atomic E-state index is 12.6. The van der Waals surface area contributed by atoms with E-state index < -0.39 is 6.29 Å². The second-order valence-electron chi connectivity index (χ2n) is 6.06. The van der Waals surface area contributed by atoms with Gasteiger partial charge in [0.1, 0.15) is 16.8 Å². The molecule has 138 valence electrons. The van der Waals surface area contributed by atoms with Crippen LogP contribution in [0.4, 0.5) is 5.00 Å². The highest BCUT2D eigenvalue weighted by atomic mass is 35.5. The molecule has 2 aliphatic rings. The Hall–Kier alpha value is -2.45. The number of anilines is 1. The van der Waals surface area contributed by atoms with E-state index in [0.29, 0.717) is 33.3 Å². The molecule has 1 amide bonds. The average molecular weight is 403 g/mol. The number of hydrogen-bond acceptors (Lipinski definition) is 6. The van der Waals surface area contributed by atoms with Gasteiger partial charge in [0.2, 0.25) is 0 Å². The molecule has 3 N–H and O–H groups in total. The van der Waals surface area contributed by atoms with Gasteiger partial charge in [-0.2, -0.15) is 0 Å². The zero-order chi connectivity index (χ0) is 19.0. The first-order chi connectivity index (χ1) is 13.0. The van der Waals surface area contributed by atoms with Gasteiger partial charge in [-0.1, -0.05) is 29.8 Å². The third kappa shape index (κ3) is 3.54. The van der Waals surface area contributed by atoms with E-state index in [2.05, 4.69) is 10.3 Å². The minimum absolute atomic E-state index is 0.0605. The Morgan fingerprint density at radius 1 is 1.33 bits per heavy atom. The number of nitrogens with zero attached hydrogens (tertiary/aromatic N) is 1. The molecular formula is C19H15ClN2O4S. The molecule has 1 unspecified atom stereocenters. The smallest absolute Gasteiger partial charge is 0.256 e. The van der Waals surface area contributed by atoms with Crippen LogP contribution >= 0.6 is 22.9 Å². The fourth-order valence-electron chi connectivity index (χ4n) is 2.98. The lowest BCUT2D eigenvalue weighted by atomic mass is 10.0. The monoisotopic (exact) mass is 402 g/mol. The van der Waals surface area contributed by atoms with Crippen molar-refractivity contribution in [3.05, 3.63) is 63.7 Å². The zero-order valence-electron chi connectivity index (χ0n) is 13.9. The van der Waals surface area contributed by atoms with E-state index in [9.17, 15) is 15.0 Å². The molecule has 0 fully saturated rings. The van der Waals surface area contributed by atoms with Gasteiger partial charge in [0.15, 0.2) is 12.7 Å². The van der Waals surface area contributed by atoms with E-state index in [1.807, 2.05) is 0 Å². The van der Waals surface area contributed by atoms with E-state index in [4.69, 9.17) is 16.3 Å². The van der Waals surface area contributed by atoms with Crippen LogP contribution in [0.5, 0.6) is 0 Å². The van der Waals surface area contributed by atoms with Gasteiger partial charge in [-0.25, -0.2) is 4.99 Å². The first-order valence-electron chi connectivity index (χ1n) is 8.18. The first-order valence-corrected chi connectivity index (χ1v) is 9.43. The summed E-state index contributed by atoms with van der Waals surface area (Å²) in [5, 5.41) is 25.2. The Kier molecular flexibility index (Phi) is 4.84. The van der Waals surface area contributed by atoms with Crippen molar-refractivity contribution >= 4 is 40.2 Å². The molecular weight excluding hydrogens is 388 g/mol. The molecule has 2 aromatic rings. The van der Waals surface area contributed by atoms with Gasteiger partial charge >= 0.3 is 0 Å². The molecule has 2 heterocycles. The summed E-state index contributed by atoms with van der Waals surface area (Å²) in [5.41, 5.74) is 2.10. The molecule has 0 bridgehead atoms. The highest BCUT2D eigenvalue weighted by Crippen LogP contribution is 2.39. The normalized spacial score (nSPS) is 18.0. The van der Waals surface area contributed by atoms with Crippen molar-refractivity contribution in [3.63, 3.8) is 0 Å². The van der Waals surface area contributed by atoms with Crippen molar-refractivity contribution in [3.8, 4) is 11.1 Å². The molecule has 1 aliphatic heterocycles. The van der Waals surface area contributed by atoms with Gasteiger partial charge in [-0.05, 0) is 30.2 Å². The summed E-state index contributed by atoms with van der Waals surface area (Å²) < 4.78 is 5.28. The molecule has 27 heavy (non-hydrogen) atoms. The van der Waals surface area contributed by atoms with Gasteiger partial charge < -0.3 is 20.3 Å². The number of hydrogen-bond donors (Lipinski definition) is 3. The highest BCUT2D eigenvalue weighted by Gasteiger charge is 2.26. The molecule has 0 spiro atoms. The summed E-state index contributed by atoms with van der Waals surface area (Å²) >= 11 is 7.14. The number of rotatable bonds is 4. The van der Waals surface area contributed by atoms with Crippen LogP contribution in [0.25, 0.3) is 11.1 Å². The lowest BCUT2D eigenvalue weighted by Crippen LogP contribution is -2.18. The number of aliphatic imine (C=N–C) groups is 1. The summed E-state index contributed by atoms with van der Waals surface area (Å²) in [6.45, 7) is 0. The maximum Gasteiger partial charge on any atom is 0.256 e. The average Bonchev–Trinajstić information content (AvgIpc) is 3.28. The summed E-state index contributed by atoms with van der Waals surface area (Å²) in [6.07, 6.45) is 3.67. The predicted molar refractivity (Wildman–Crippen MR) is 105 cm³/mol. The Balaban J connectivity index is 1.60. The number of aliphatic hydroxyl groups is 2. The standard InChI is InChI=1S/C19H15ClN2O4S/c20-12-4-1-10(2-5-12)13-8-27-18(16(13)19(24)25)22-17(23)11-3-6-14-15(7-11)26-9-21-14/h1-5,7-9,14,19,24-25H,6H2,(H,22,23). The zero-order valence-corrected chi connectivity index (χ0v) is 15.5. The van der Waals surface area contributed by atoms with Crippen molar-refractivity contribution in [1.29, 1.82) is 0 Å². The number of thiophene rings is 1. The summed E-state index contributed by atoms with van der Waals surface area (Å²) in [7, 11) is 0. The molecule has 1 aliphatic carbocycles. The molecule has 0 saturated carbocycles. The number of aliphatic hydroxyl groups excluding tert-OH is 1. The second kappa shape index (κ2) is 7.28. The van der Waals surface area contributed by atoms with Crippen LogP contribution in [0.1, 0.15) is 18.3 Å². The number of halogens is 1. The molecule has 8 heteroatoms. The Labute approximate surface area is 164 Å². The third-order valence-corrected chi connectivity index (χ3v) is 5.51. The second-order valence-corrected chi connectivity index (χ2v) is 7.37. The van der Waals surface area contributed by atoms with E-state index in [1.165, 1.54) is 17.7 Å². The van der Waals surface area contributed by atoms with Crippen molar-refractivity contribution in [1.82, 2.24) is 0 Å². The van der Waals surface area contributed by atoms with Crippen LogP contribution in [0, 0.1) is 0 Å². The van der Waals surface area contributed by atoms with Crippen LogP contribution in [0.2, 0.25) is 5.02 Å². The van der Waals surface area contributed by atoms with Crippen molar-refractivity contribution in [2.75, 3.05) is 5.32 Å². The fraction of sp³-hybridized carbons (Fsp3) is 0.158. The summed E-state index contributed by atoms with van der Waals surface area (Å²) in [6, 6.07) is 6.95. The number of fused-ring (bicyclic) bond motifs is 1. The maximum absolute atomic E-state index is 12.6.